The summed E-state index contributed by atoms with van der Waals surface area (Å²) in [5, 5.41) is 18.5. The first-order valence-corrected chi connectivity index (χ1v) is 11.9. The predicted molar refractivity (Wildman–Crippen MR) is 148 cm³/mol. The molecule has 6 aromatic carbocycles. The maximum Gasteiger partial charge on any atom is 0.277 e. The lowest BCUT2D eigenvalue weighted by Crippen LogP contribution is -1.94. The fourth-order valence-corrected chi connectivity index (χ4v) is 5.42. The minimum absolute atomic E-state index is 0.115. The molecule has 0 radical (unpaired) electrons. The normalized spacial score (nSPS) is 11.6. The van der Waals surface area contributed by atoms with E-state index in [1.54, 1.807) is 6.07 Å². The molecule has 0 aliphatic carbocycles. The maximum absolute atomic E-state index is 12.1. The van der Waals surface area contributed by atoms with Crippen LogP contribution in [0.3, 0.4) is 0 Å². The third kappa shape index (κ3) is 3.01. The molecule has 4 nitrogen and oxygen atoms in total. The lowest BCUT2D eigenvalue weighted by molar-refractivity contribution is -0.384. The lowest BCUT2D eigenvalue weighted by Gasteiger charge is -2.09. The molecule has 0 spiro atoms. The van der Waals surface area contributed by atoms with Crippen molar-refractivity contribution in [1.29, 1.82) is 0 Å². The zero-order valence-corrected chi connectivity index (χ0v) is 19.3. The van der Waals surface area contributed by atoms with Crippen molar-refractivity contribution < 1.29 is 4.92 Å². The van der Waals surface area contributed by atoms with E-state index in [2.05, 4.69) is 65.2 Å². The largest absolute Gasteiger partial charge is 0.309 e. The van der Waals surface area contributed by atoms with Gasteiger partial charge in [0.1, 0.15) is 0 Å². The summed E-state index contributed by atoms with van der Waals surface area (Å²) in [5.41, 5.74) is 4.84. The average Bonchev–Trinajstić information content (AvgIpc) is 3.27. The van der Waals surface area contributed by atoms with Crippen molar-refractivity contribution in [2.45, 2.75) is 0 Å². The van der Waals surface area contributed by atoms with Gasteiger partial charge in [0, 0.05) is 22.5 Å². The van der Waals surface area contributed by atoms with Gasteiger partial charge in [-0.15, -0.1) is 0 Å². The Kier molecular flexibility index (Phi) is 4.42. The van der Waals surface area contributed by atoms with Gasteiger partial charge in [0.15, 0.2) is 0 Å². The van der Waals surface area contributed by atoms with Crippen molar-refractivity contribution in [3.63, 3.8) is 0 Å². The number of nitro benzene ring substituents is 1. The van der Waals surface area contributed by atoms with Crippen molar-refractivity contribution in [2.24, 2.45) is 0 Å². The molecule has 0 atom stereocenters. The lowest BCUT2D eigenvalue weighted by atomic mass is 9.97. The second-order valence-corrected chi connectivity index (χ2v) is 9.06. The molecule has 7 rings (SSSR count). The summed E-state index contributed by atoms with van der Waals surface area (Å²) < 4.78 is 2.27. The number of rotatable bonds is 3. The zero-order valence-electron chi connectivity index (χ0n) is 19.3. The van der Waals surface area contributed by atoms with Gasteiger partial charge in [-0.05, 0) is 63.5 Å². The summed E-state index contributed by atoms with van der Waals surface area (Å²) in [7, 11) is 0. The van der Waals surface area contributed by atoms with Crippen molar-refractivity contribution in [2.75, 3.05) is 0 Å². The molecule has 0 bridgehead atoms. The second-order valence-electron chi connectivity index (χ2n) is 9.06. The molecule has 0 N–H and O–H groups in total. The van der Waals surface area contributed by atoms with E-state index in [1.807, 2.05) is 54.6 Å². The highest BCUT2D eigenvalue weighted by molar-refractivity contribution is 6.22. The van der Waals surface area contributed by atoms with E-state index >= 15 is 0 Å². The van der Waals surface area contributed by atoms with E-state index in [-0.39, 0.29) is 10.6 Å². The van der Waals surface area contributed by atoms with E-state index in [0.29, 0.717) is 5.56 Å². The van der Waals surface area contributed by atoms with Gasteiger partial charge in [-0.1, -0.05) is 78.9 Å². The van der Waals surface area contributed by atoms with E-state index in [0.717, 1.165) is 43.8 Å². The van der Waals surface area contributed by atoms with Crippen LogP contribution in [0.5, 0.6) is 0 Å². The highest BCUT2D eigenvalue weighted by Gasteiger charge is 2.20. The van der Waals surface area contributed by atoms with Crippen LogP contribution in [0.1, 0.15) is 0 Å². The molecule has 0 amide bonds. The summed E-state index contributed by atoms with van der Waals surface area (Å²) in [4.78, 5) is 11.8. The number of benzene rings is 6. The van der Waals surface area contributed by atoms with Crippen molar-refractivity contribution in [1.82, 2.24) is 4.57 Å². The van der Waals surface area contributed by atoms with Crippen LogP contribution >= 0.6 is 0 Å². The molecule has 36 heavy (non-hydrogen) atoms. The van der Waals surface area contributed by atoms with Crippen LogP contribution in [0.15, 0.2) is 121 Å². The summed E-state index contributed by atoms with van der Waals surface area (Å²) in [6.45, 7) is 0. The Morgan fingerprint density at radius 1 is 0.583 bits per heavy atom. The molecular formula is C32H20N2O2. The van der Waals surface area contributed by atoms with E-state index in [9.17, 15) is 10.1 Å². The number of nitro groups is 1. The molecule has 0 saturated heterocycles. The van der Waals surface area contributed by atoms with E-state index in [1.165, 1.54) is 10.8 Å². The third-order valence-corrected chi connectivity index (χ3v) is 7.04. The summed E-state index contributed by atoms with van der Waals surface area (Å²) in [6.07, 6.45) is 0. The van der Waals surface area contributed by atoms with Crippen LogP contribution in [0, 0.1) is 10.1 Å². The molecule has 0 aliphatic rings. The van der Waals surface area contributed by atoms with Crippen LogP contribution in [-0.2, 0) is 0 Å². The molecule has 0 fully saturated rings. The van der Waals surface area contributed by atoms with Crippen LogP contribution in [0.2, 0.25) is 0 Å². The molecule has 0 aliphatic heterocycles. The van der Waals surface area contributed by atoms with Gasteiger partial charge in [-0.2, -0.15) is 0 Å². The Hall–Kier alpha value is -4.96. The Bertz CT molecular complexity index is 1970. The number of hydrogen-bond acceptors (Lipinski definition) is 2. The predicted octanol–water partition coefficient (Wildman–Crippen LogP) is 8.67. The first-order valence-electron chi connectivity index (χ1n) is 11.9. The van der Waals surface area contributed by atoms with Crippen molar-refractivity contribution >= 4 is 49.0 Å². The standard InChI is InChI=1S/C32H20N2O2/c35-34(36)31-20-23-10-5-4-9-22(23)18-27(31)24-15-16-29-28(19-24)32-26-13-7-6-8-21(26)14-17-30(32)33(29)25-11-2-1-3-12-25/h1-20H. The van der Waals surface area contributed by atoms with Gasteiger partial charge in [-0.25, -0.2) is 0 Å². The number of para-hydroxylation sites is 1. The Balaban J connectivity index is 1.61. The van der Waals surface area contributed by atoms with Crippen LogP contribution in [-0.4, -0.2) is 9.49 Å². The van der Waals surface area contributed by atoms with Crippen LogP contribution in [0.4, 0.5) is 5.69 Å². The van der Waals surface area contributed by atoms with Gasteiger partial charge < -0.3 is 4.57 Å². The van der Waals surface area contributed by atoms with Gasteiger partial charge in [0.2, 0.25) is 0 Å². The highest BCUT2D eigenvalue weighted by Crippen LogP contribution is 2.41. The minimum Gasteiger partial charge on any atom is -0.309 e. The molecule has 7 aromatic rings. The van der Waals surface area contributed by atoms with Gasteiger partial charge in [0.25, 0.3) is 5.69 Å². The van der Waals surface area contributed by atoms with Gasteiger partial charge in [-0.3, -0.25) is 10.1 Å². The second kappa shape index (κ2) is 7.79. The molecule has 170 valence electrons. The maximum atomic E-state index is 12.1. The van der Waals surface area contributed by atoms with Crippen molar-refractivity contribution in [3.05, 3.63) is 131 Å². The summed E-state index contributed by atoms with van der Waals surface area (Å²) in [5.74, 6) is 0. The molecule has 0 unspecified atom stereocenters. The molecule has 1 heterocycles. The molecule has 0 saturated carbocycles. The SMILES string of the molecule is O=[N+]([O-])c1cc2ccccc2cc1-c1ccc2c(c1)c1c3ccccc3ccc1n2-c1ccccc1. The first-order chi connectivity index (χ1) is 17.7. The Morgan fingerprint density at radius 3 is 2.03 bits per heavy atom. The third-order valence-electron chi connectivity index (χ3n) is 7.04. The first kappa shape index (κ1) is 20.4. The minimum atomic E-state index is -0.283. The number of fused-ring (bicyclic) bond motifs is 6. The molecule has 4 heteroatoms. The van der Waals surface area contributed by atoms with Crippen LogP contribution < -0.4 is 0 Å². The number of hydrogen-bond donors (Lipinski definition) is 0. The monoisotopic (exact) mass is 464 g/mol. The van der Waals surface area contributed by atoms with Crippen LogP contribution in [0.25, 0.3) is 60.2 Å². The number of aromatic nitrogens is 1. The van der Waals surface area contributed by atoms with E-state index in [4.69, 9.17) is 0 Å². The summed E-state index contributed by atoms with van der Waals surface area (Å²) in [6, 6.07) is 40.6. The zero-order chi connectivity index (χ0) is 24.2. The molecular weight excluding hydrogens is 444 g/mol. The average molecular weight is 465 g/mol. The fourth-order valence-electron chi connectivity index (χ4n) is 5.42. The van der Waals surface area contributed by atoms with Gasteiger partial charge >= 0.3 is 0 Å². The van der Waals surface area contributed by atoms with Crippen molar-refractivity contribution in [3.8, 4) is 16.8 Å². The Labute approximate surface area is 206 Å². The smallest absolute Gasteiger partial charge is 0.277 e. The highest BCUT2D eigenvalue weighted by atomic mass is 16.6. The molecule has 1 aromatic heterocycles. The Morgan fingerprint density at radius 2 is 1.25 bits per heavy atom. The van der Waals surface area contributed by atoms with Gasteiger partial charge in [0.05, 0.1) is 21.5 Å². The quantitative estimate of drug-likeness (QED) is 0.194. The fraction of sp³-hybridized carbons (Fsp3) is 0. The number of nitrogens with zero attached hydrogens (tertiary/aromatic N) is 2. The summed E-state index contributed by atoms with van der Waals surface area (Å²) >= 11 is 0. The van der Waals surface area contributed by atoms with E-state index < -0.39 is 0 Å². The topological polar surface area (TPSA) is 48.1 Å².